The molecule has 0 unspecified atom stereocenters. The topological polar surface area (TPSA) is 27.1 Å². The monoisotopic (exact) mass is 188 g/mol. The molecule has 0 aliphatic heterocycles. The number of hydrogen-bond acceptors (Lipinski definition) is 2. The molecule has 1 aromatic carbocycles. The summed E-state index contributed by atoms with van der Waals surface area (Å²) in [6, 6.07) is 8.03. The number of benzene rings is 1. The lowest BCUT2D eigenvalue weighted by Crippen LogP contribution is -2.14. The lowest BCUT2D eigenvalue weighted by atomic mass is 10.3. The van der Waals surface area contributed by atoms with Gasteiger partial charge in [0.1, 0.15) is 6.61 Å². The highest BCUT2D eigenvalue weighted by atomic mass is 16.7. The van der Waals surface area contributed by atoms with Gasteiger partial charge in [0.05, 0.1) is 11.7 Å². The van der Waals surface area contributed by atoms with Crippen LogP contribution in [0.2, 0.25) is 0 Å². The normalized spacial score (nSPS) is 16.0. The molecule has 1 aromatic heterocycles. The zero-order valence-corrected chi connectivity index (χ0v) is 7.89. The summed E-state index contributed by atoms with van der Waals surface area (Å²) in [5.41, 5.74) is 0.989. The second-order valence-corrected chi connectivity index (χ2v) is 3.83. The number of aromatic nitrogens is 2. The number of rotatable bonds is 3. The Morgan fingerprint density at radius 2 is 2.21 bits per heavy atom. The molecule has 1 heterocycles. The van der Waals surface area contributed by atoms with E-state index in [1.807, 2.05) is 30.5 Å². The van der Waals surface area contributed by atoms with Crippen LogP contribution in [0.4, 0.5) is 0 Å². The fraction of sp³-hybridized carbons (Fsp3) is 0.364. The second-order valence-electron chi connectivity index (χ2n) is 3.83. The Bertz CT molecular complexity index is 412. The predicted molar refractivity (Wildman–Crippen MR) is 53.9 cm³/mol. The fourth-order valence-corrected chi connectivity index (χ4v) is 1.47. The number of fused-ring (bicyclic) bond motifs is 1. The van der Waals surface area contributed by atoms with Gasteiger partial charge >= 0.3 is 0 Å². The average molecular weight is 188 g/mol. The maximum atomic E-state index is 5.52. The van der Waals surface area contributed by atoms with Gasteiger partial charge in [-0.05, 0) is 24.8 Å². The van der Waals surface area contributed by atoms with Crippen LogP contribution in [0.5, 0.6) is 0 Å². The van der Waals surface area contributed by atoms with E-state index >= 15 is 0 Å². The molecule has 3 heteroatoms. The molecular formula is C11H12N2O. The first-order chi connectivity index (χ1) is 6.92. The van der Waals surface area contributed by atoms with Gasteiger partial charge in [0, 0.05) is 5.39 Å². The zero-order chi connectivity index (χ0) is 9.38. The van der Waals surface area contributed by atoms with E-state index in [0.717, 1.165) is 23.4 Å². The Morgan fingerprint density at radius 3 is 3.00 bits per heavy atom. The van der Waals surface area contributed by atoms with Crippen LogP contribution in [-0.2, 0) is 0 Å². The van der Waals surface area contributed by atoms with Crippen molar-refractivity contribution in [2.75, 3.05) is 6.61 Å². The van der Waals surface area contributed by atoms with Crippen molar-refractivity contribution in [1.82, 2.24) is 9.94 Å². The molecule has 2 aromatic rings. The summed E-state index contributed by atoms with van der Waals surface area (Å²) in [7, 11) is 0. The van der Waals surface area contributed by atoms with E-state index < -0.39 is 0 Å². The molecule has 0 amide bonds. The third-order valence-electron chi connectivity index (χ3n) is 2.53. The van der Waals surface area contributed by atoms with Crippen molar-refractivity contribution >= 4 is 10.9 Å². The third kappa shape index (κ3) is 1.45. The highest BCUT2D eigenvalue weighted by Crippen LogP contribution is 2.28. The minimum absolute atomic E-state index is 0.766. The van der Waals surface area contributed by atoms with Gasteiger partial charge in [-0.2, -0.15) is 0 Å². The first-order valence-electron chi connectivity index (χ1n) is 4.99. The van der Waals surface area contributed by atoms with Gasteiger partial charge < -0.3 is 4.84 Å². The molecule has 1 aliphatic rings. The first-order valence-corrected chi connectivity index (χ1v) is 4.99. The van der Waals surface area contributed by atoms with Gasteiger partial charge in [0.2, 0.25) is 0 Å². The summed E-state index contributed by atoms with van der Waals surface area (Å²) < 4.78 is 0. The Hall–Kier alpha value is -1.51. The van der Waals surface area contributed by atoms with Crippen molar-refractivity contribution in [3.8, 4) is 0 Å². The van der Waals surface area contributed by atoms with E-state index in [1.165, 1.54) is 12.8 Å². The largest absolute Gasteiger partial charge is 0.396 e. The van der Waals surface area contributed by atoms with Crippen molar-refractivity contribution in [2.24, 2.45) is 5.92 Å². The SMILES string of the molecule is c1ccc2nn(OCC3CC3)cc2c1. The molecule has 14 heavy (non-hydrogen) atoms. The summed E-state index contributed by atoms with van der Waals surface area (Å²) in [6.45, 7) is 0.800. The standard InChI is InChI=1S/C11H12N2O/c1-2-4-11-10(3-1)7-13(12-11)14-8-9-5-6-9/h1-4,7,9H,5-6,8H2. The zero-order valence-electron chi connectivity index (χ0n) is 7.89. The first kappa shape index (κ1) is 7.85. The molecule has 0 bridgehead atoms. The molecular weight excluding hydrogens is 176 g/mol. The molecule has 1 saturated carbocycles. The van der Waals surface area contributed by atoms with Gasteiger partial charge in [-0.3, -0.25) is 0 Å². The molecule has 0 spiro atoms. The Labute approximate surface area is 82.2 Å². The van der Waals surface area contributed by atoms with Crippen molar-refractivity contribution in [2.45, 2.75) is 12.8 Å². The summed E-state index contributed by atoms with van der Waals surface area (Å²) in [5, 5.41) is 5.43. The number of nitrogens with zero attached hydrogens (tertiary/aromatic N) is 2. The molecule has 1 fully saturated rings. The minimum Gasteiger partial charge on any atom is -0.396 e. The summed E-state index contributed by atoms with van der Waals surface area (Å²) in [5.74, 6) is 0.766. The van der Waals surface area contributed by atoms with E-state index in [9.17, 15) is 0 Å². The van der Waals surface area contributed by atoms with Gasteiger partial charge in [0.25, 0.3) is 0 Å². The Balaban J connectivity index is 1.82. The van der Waals surface area contributed by atoms with Gasteiger partial charge in [0.15, 0.2) is 0 Å². The summed E-state index contributed by atoms with van der Waals surface area (Å²) >= 11 is 0. The Kier molecular flexibility index (Phi) is 1.69. The van der Waals surface area contributed by atoms with E-state index in [2.05, 4.69) is 5.10 Å². The van der Waals surface area contributed by atoms with E-state index in [4.69, 9.17) is 4.84 Å². The summed E-state index contributed by atoms with van der Waals surface area (Å²) in [6.07, 6.45) is 4.54. The molecule has 0 radical (unpaired) electrons. The van der Waals surface area contributed by atoms with Gasteiger partial charge in [-0.25, -0.2) is 0 Å². The average Bonchev–Trinajstić information content (AvgIpc) is 2.94. The van der Waals surface area contributed by atoms with Crippen LogP contribution in [0.15, 0.2) is 30.5 Å². The van der Waals surface area contributed by atoms with Crippen molar-refractivity contribution in [3.05, 3.63) is 30.5 Å². The highest BCUT2D eigenvalue weighted by molar-refractivity contribution is 5.77. The minimum atomic E-state index is 0.766. The molecule has 0 saturated heterocycles. The smallest absolute Gasteiger partial charge is 0.119 e. The fourth-order valence-electron chi connectivity index (χ4n) is 1.47. The van der Waals surface area contributed by atoms with Crippen molar-refractivity contribution in [3.63, 3.8) is 0 Å². The van der Waals surface area contributed by atoms with Crippen LogP contribution in [0.25, 0.3) is 10.9 Å². The van der Waals surface area contributed by atoms with Crippen LogP contribution in [0.3, 0.4) is 0 Å². The third-order valence-corrected chi connectivity index (χ3v) is 2.53. The van der Waals surface area contributed by atoms with Crippen molar-refractivity contribution < 1.29 is 4.84 Å². The molecule has 3 nitrogen and oxygen atoms in total. The van der Waals surface area contributed by atoms with Crippen LogP contribution in [0.1, 0.15) is 12.8 Å². The molecule has 0 atom stereocenters. The van der Waals surface area contributed by atoms with E-state index in [-0.39, 0.29) is 0 Å². The Morgan fingerprint density at radius 1 is 1.36 bits per heavy atom. The molecule has 3 rings (SSSR count). The highest BCUT2D eigenvalue weighted by Gasteiger charge is 2.22. The summed E-state index contributed by atoms with van der Waals surface area (Å²) in [4.78, 5) is 7.11. The van der Waals surface area contributed by atoms with Crippen LogP contribution >= 0.6 is 0 Å². The second kappa shape index (κ2) is 3.01. The van der Waals surface area contributed by atoms with Crippen LogP contribution < -0.4 is 4.84 Å². The molecule has 1 aliphatic carbocycles. The van der Waals surface area contributed by atoms with Crippen molar-refractivity contribution in [1.29, 1.82) is 0 Å². The van der Waals surface area contributed by atoms with Gasteiger partial charge in [-0.15, -0.1) is 9.94 Å². The van der Waals surface area contributed by atoms with E-state index in [1.54, 1.807) is 4.85 Å². The number of hydrogen-bond donors (Lipinski definition) is 0. The lowest BCUT2D eigenvalue weighted by Gasteiger charge is -2.01. The van der Waals surface area contributed by atoms with Gasteiger partial charge in [-0.1, -0.05) is 18.2 Å². The lowest BCUT2D eigenvalue weighted by molar-refractivity contribution is 0.0762. The predicted octanol–water partition coefficient (Wildman–Crippen LogP) is 1.87. The quantitative estimate of drug-likeness (QED) is 0.735. The molecule has 0 N–H and O–H groups in total. The maximum Gasteiger partial charge on any atom is 0.119 e. The van der Waals surface area contributed by atoms with Crippen LogP contribution in [-0.4, -0.2) is 16.6 Å². The van der Waals surface area contributed by atoms with E-state index in [0.29, 0.717) is 0 Å². The molecule has 72 valence electrons. The van der Waals surface area contributed by atoms with Crippen LogP contribution in [0, 0.1) is 5.92 Å². The maximum absolute atomic E-state index is 5.52.